The zero-order valence-electron chi connectivity index (χ0n) is 10.7. The molecule has 20 heavy (non-hydrogen) atoms. The van der Waals surface area contributed by atoms with Crippen LogP contribution in [0.5, 0.6) is 0 Å². The predicted octanol–water partition coefficient (Wildman–Crippen LogP) is 0.125. The van der Waals surface area contributed by atoms with E-state index < -0.39 is 54.7 Å². The molecule has 1 atom stereocenters. The SMILES string of the molecule is CCCS(=O)(=O)C(=S)C(C#N)(CCC(=O)O)C[SH](=O)=O. The molecule has 0 aromatic heterocycles. The van der Waals surface area contributed by atoms with Crippen LogP contribution in [-0.4, -0.2) is 43.6 Å². The molecular formula is C10H15NO6S3. The van der Waals surface area contributed by atoms with Crippen LogP contribution in [0.25, 0.3) is 0 Å². The average molecular weight is 341 g/mol. The van der Waals surface area contributed by atoms with E-state index in [1.165, 1.54) is 0 Å². The van der Waals surface area contributed by atoms with Gasteiger partial charge in [-0.1, -0.05) is 19.1 Å². The first-order chi connectivity index (χ1) is 9.11. The highest BCUT2D eigenvalue weighted by molar-refractivity contribution is 8.17. The number of carboxylic acids is 1. The Morgan fingerprint density at radius 2 is 2.00 bits per heavy atom. The molecule has 0 saturated carbocycles. The van der Waals surface area contributed by atoms with Gasteiger partial charge in [0.25, 0.3) is 0 Å². The van der Waals surface area contributed by atoms with Crippen molar-refractivity contribution >= 4 is 42.9 Å². The van der Waals surface area contributed by atoms with Crippen LogP contribution in [0.15, 0.2) is 0 Å². The number of carboxylic acid groups (broad SMARTS) is 1. The van der Waals surface area contributed by atoms with Gasteiger partial charge in [0.1, 0.15) is 20.3 Å². The molecule has 7 nitrogen and oxygen atoms in total. The van der Waals surface area contributed by atoms with Crippen LogP contribution >= 0.6 is 12.2 Å². The minimum Gasteiger partial charge on any atom is -0.481 e. The van der Waals surface area contributed by atoms with Crippen LogP contribution in [0.4, 0.5) is 0 Å². The van der Waals surface area contributed by atoms with E-state index >= 15 is 0 Å². The molecule has 1 N–H and O–H groups in total. The average Bonchev–Trinajstić information content (AvgIpc) is 2.33. The van der Waals surface area contributed by atoms with Crippen molar-refractivity contribution in [2.45, 2.75) is 26.2 Å². The Kier molecular flexibility index (Phi) is 7.26. The van der Waals surface area contributed by atoms with E-state index in [-0.39, 0.29) is 12.2 Å². The van der Waals surface area contributed by atoms with Crippen LogP contribution in [0.1, 0.15) is 26.2 Å². The third-order valence-corrected chi connectivity index (χ3v) is 6.38. The normalized spacial score (nSPS) is 14.4. The van der Waals surface area contributed by atoms with E-state index in [0.29, 0.717) is 0 Å². The maximum atomic E-state index is 11.9. The van der Waals surface area contributed by atoms with Crippen molar-refractivity contribution in [2.24, 2.45) is 5.41 Å². The number of nitriles is 1. The number of carbonyl (C=O) groups is 1. The summed E-state index contributed by atoms with van der Waals surface area (Å²) in [4.78, 5) is 10.6. The number of hydrogen-bond acceptors (Lipinski definition) is 7. The standard InChI is InChI=1S/C10H15NO6S3/c1-2-5-20(16,17)9(18)10(6-11,7-19(14)15)4-3-8(12)13/h19H,2-5,7H2,1H3,(H,12,13). The zero-order chi connectivity index (χ0) is 16.0. The Bertz CT molecular complexity index is 593. The monoisotopic (exact) mass is 341 g/mol. The maximum absolute atomic E-state index is 11.9. The quantitative estimate of drug-likeness (QED) is 0.470. The second-order valence-electron chi connectivity index (χ2n) is 4.18. The van der Waals surface area contributed by atoms with Crippen LogP contribution < -0.4 is 0 Å². The van der Waals surface area contributed by atoms with Crippen molar-refractivity contribution < 1.29 is 26.7 Å². The molecule has 0 aliphatic heterocycles. The van der Waals surface area contributed by atoms with Crippen molar-refractivity contribution in [1.82, 2.24) is 0 Å². The molecule has 0 saturated heterocycles. The molecule has 0 aliphatic rings. The van der Waals surface area contributed by atoms with E-state index in [9.17, 15) is 26.9 Å². The molecule has 0 heterocycles. The summed E-state index contributed by atoms with van der Waals surface area (Å²) < 4.78 is 44.9. The van der Waals surface area contributed by atoms with Gasteiger partial charge in [-0.3, -0.25) is 4.79 Å². The van der Waals surface area contributed by atoms with Crippen molar-refractivity contribution in [3.05, 3.63) is 0 Å². The van der Waals surface area contributed by atoms with Crippen LogP contribution in [0, 0.1) is 16.7 Å². The first-order valence-electron chi connectivity index (χ1n) is 5.63. The number of sulfone groups is 1. The lowest BCUT2D eigenvalue weighted by atomic mass is 9.89. The molecule has 114 valence electrons. The van der Waals surface area contributed by atoms with Crippen LogP contribution in [0.2, 0.25) is 0 Å². The van der Waals surface area contributed by atoms with E-state index in [0.717, 1.165) is 0 Å². The second-order valence-corrected chi connectivity index (χ2v) is 7.88. The number of thiocarbonyl (C=S) groups is 1. The van der Waals surface area contributed by atoms with E-state index in [1.54, 1.807) is 13.0 Å². The molecule has 0 amide bonds. The molecule has 1 unspecified atom stereocenters. The Morgan fingerprint density at radius 3 is 2.35 bits per heavy atom. The van der Waals surface area contributed by atoms with Gasteiger partial charge in [0, 0.05) is 6.42 Å². The Hall–Kier alpha value is -1.05. The molecule has 0 aliphatic carbocycles. The summed E-state index contributed by atoms with van der Waals surface area (Å²) in [6.45, 7) is 1.60. The molecule has 0 bridgehead atoms. The topological polar surface area (TPSA) is 129 Å². The Labute approximate surface area is 124 Å². The smallest absolute Gasteiger partial charge is 0.303 e. The minimum atomic E-state index is -3.92. The van der Waals surface area contributed by atoms with Gasteiger partial charge < -0.3 is 5.11 Å². The fourth-order valence-corrected chi connectivity index (χ4v) is 4.63. The van der Waals surface area contributed by atoms with E-state index in [1.807, 2.05) is 0 Å². The summed E-state index contributed by atoms with van der Waals surface area (Å²) in [7, 11) is -7.01. The van der Waals surface area contributed by atoms with Crippen molar-refractivity contribution in [3.8, 4) is 6.07 Å². The maximum Gasteiger partial charge on any atom is 0.303 e. The van der Waals surface area contributed by atoms with Crippen LogP contribution in [-0.2, 0) is 25.3 Å². The van der Waals surface area contributed by atoms with Gasteiger partial charge in [-0.2, -0.15) is 5.26 Å². The predicted molar refractivity (Wildman–Crippen MR) is 76.8 cm³/mol. The van der Waals surface area contributed by atoms with Gasteiger partial charge in [-0.15, -0.1) is 0 Å². The van der Waals surface area contributed by atoms with E-state index in [4.69, 9.17) is 17.3 Å². The van der Waals surface area contributed by atoms with Gasteiger partial charge in [0.05, 0.1) is 17.6 Å². The summed E-state index contributed by atoms with van der Waals surface area (Å²) in [5.41, 5.74) is -1.99. The number of aliphatic carboxylic acids is 1. The van der Waals surface area contributed by atoms with E-state index in [2.05, 4.69) is 0 Å². The summed E-state index contributed by atoms with van der Waals surface area (Å²) in [6, 6.07) is 1.60. The summed E-state index contributed by atoms with van der Waals surface area (Å²) in [5.74, 6) is -2.37. The third kappa shape index (κ3) is 5.15. The lowest BCUT2D eigenvalue weighted by Gasteiger charge is -2.24. The van der Waals surface area contributed by atoms with Gasteiger partial charge in [-0.05, 0) is 12.8 Å². The number of hydrogen-bond donors (Lipinski definition) is 2. The van der Waals surface area contributed by atoms with Gasteiger partial charge in [-0.25, -0.2) is 16.8 Å². The molecule has 0 aromatic rings. The van der Waals surface area contributed by atoms with Crippen LogP contribution in [0.3, 0.4) is 0 Å². The highest BCUT2D eigenvalue weighted by Crippen LogP contribution is 2.29. The van der Waals surface area contributed by atoms with Gasteiger partial charge >= 0.3 is 5.97 Å². The molecule has 0 radical (unpaired) electrons. The third-order valence-electron chi connectivity index (χ3n) is 2.52. The second kappa shape index (κ2) is 7.66. The zero-order valence-corrected chi connectivity index (χ0v) is 13.3. The summed E-state index contributed by atoms with van der Waals surface area (Å²) in [5, 5.41) is 17.8. The fourth-order valence-electron chi connectivity index (χ4n) is 1.58. The highest BCUT2D eigenvalue weighted by Gasteiger charge is 2.42. The summed E-state index contributed by atoms with van der Waals surface area (Å²) in [6.07, 6.45) is -0.741. The van der Waals surface area contributed by atoms with Crippen molar-refractivity contribution in [3.63, 3.8) is 0 Å². The molecule has 0 fully saturated rings. The molecular weight excluding hydrogens is 326 g/mol. The Morgan fingerprint density at radius 1 is 1.45 bits per heavy atom. The first kappa shape index (κ1) is 18.9. The molecule has 0 aromatic carbocycles. The fraction of sp³-hybridized carbons (Fsp3) is 0.700. The first-order valence-corrected chi connectivity index (χ1v) is 9.05. The lowest BCUT2D eigenvalue weighted by Crippen LogP contribution is -2.39. The van der Waals surface area contributed by atoms with Gasteiger partial charge in [0.15, 0.2) is 9.84 Å². The Balaban J connectivity index is 5.67. The number of nitrogens with zero attached hydrogens (tertiary/aromatic N) is 1. The summed E-state index contributed by atoms with van der Waals surface area (Å²) >= 11 is 4.79. The molecule has 0 rings (SSSR count). The lowest BCUT2D eigenvalue weighted by molar-refractivity contribution is -0.137. The van der Waals surface area contributed by atoms with Crippen molar-refractivity contribution in [1.29, 1.82) is 5.26 Å². The van der Waals surface area contributed by atoms with Crippen molar-refractivity contribution in [2.75, 3.05) is 11.5 Å². The highest BCUT2D eigenvalue weighted by atomic mass is 32.2. The van der Waals surface area contributed by atoms with Gasteiger partial charge in [0.2, 0.25) is 0 Å². The molecule has 0 spiro atoms. The molecule has 10 heteroatoms. The number of thiol groups is 1. The number of rotatable bonds is 8. The minimum absolute atomic E-state index is 0.256. The largest absolute Gasteiger partial charge is 0.481 e.